The third-order valence-corrected chi connectivity index (χ3v) is 6.82. The molecule has 0 fully saturated rings. The van der Waals surface area contributed by atoms with Gasteiger partial charge in [0, 0.05) is 15.7 Å². The number of aliphatic hydroxyl groups excluding tert-OH is 1. The minimum atomic E-state index is -1.22. The molecule has 0 bridgehead atoms. The van der Waals surface area contributed by atoms with Crippen molar-refractivity contribution in [3.8, 4) is 17.2 Å². The molecule has 232 valence electrons. The van der Waals surface area contributed by atoms with E-state index in [1.54, 1.807) is 51.1 Å². The minimum Gasteiger partial charge on any atom is -0.490 e. The highest BCUT2D eigenvalue weighted by Crippen LogP contribution is 2.35. The van der Waals surface area contributed by atoms with Gasteiger partial charge >= 0.3 is 18.0 Å². The summed E-state index contributed by atoms with van der Waals surface area (Å²) in [4.78, 5) is 36.3. The van der Waals surface area contributed by atoms with Crippen LogP contribution < -0.4 is 30.3 Å². The molecular weight excluding hydrogens is 696 g/mol. The molecule has 0 saturated heterocycles. The number of esters is 2. The third-order valence-electron chi connectivity index (χ3n) is 5.78. The van der Waals surface area contributed by atoms with E-state index in [0.717, 1.165) is 4.47 Å². The number of carbonyl (C=O) groups is 3. The van der Waals surface area contributed by atoms with Gasteiger partial charge in [-0.2, -0.15) is 5.10 Å². The quantitative estimate of drug-likeness (QED) is 0.0977. The highest BCUT2D eigenvalue weighted by atomic mass is 79.9. The molecule has 0 radical (unpaired) electrons. The standard InChI is InChI=1S/C28H32Br2N4O9/c1-5-40-21-10-16(25-24(27(37)39-4)15(3)32-28(38)33-25)7-8-20(21)42-13-22(35)34-31-12-17-9-18(29)11-19(30)26(17)43-14-23(36)41-6-2/h7-12,22,25,34-35H,5-6,13-14H2,1-4H3,(H2,32,33,38)/b31-12+/t22-,25-/m0/s1. The summed E-state index contributed by atoms with van der Waals surface area (Å²) in [5.74, 6) is -0.0779. The summed E-state index contributed by atoms with van der Waals surface area (Å²) in [6, 6.07) is 7.17. The van der Waals surface area contributed by atoms with Crippen LogP contribution in [0.25, 0.3) is 0 Å². The van der Waals surface area contributed by atoms with Crippen LogP contribution in [-0.2, 0) is 19.1 Å². The lowest BCUT2D eigenvalue weighted by Crippen LogP contribution is -2.45. The third kappa shape index (κ3) is 9.33. The van der Waals surface area contributed by atoms with Gasteiger partial charge in [0.25, 0.3) is 0 Å². The number of amides is 2. The molecule has 0 aliphatic carbocycles. The molecule has 43 heavy (non-hydrogen) atoms. The van der Waals surface area contributed by atoms with Crippen molar-refractivity contribution in [3.05, 3.63) is 61.7 Å². The molecule has 0 spiro atoms. The maximum absolute atomic E-state index is 12.4. The summed E-state index contributed by atoms with van der Waals surface area (Å²) in [6.45, 7) is 5.17. The molecule has 1 aliphatic heterocycles. The largest absolute Gasteiger partial charge is 0.490 e. The minimum absolute atomic E-state index is 0.207. The maximum Gasteiger partial charge on any atom is 0.344 e. The summed E-state index contributed by atoms with van der Waals surface area (Å²) < 4.78 is 28.2. The Morgan fingerprint density at radius 1 is 1.12 bits per heavy atom. The normalized spacial score (nSPS) is 15.3. The van der Waals surface area contributed by atoms with E-state index < -0.39 is 30.2 Å². The maximum atomic E-state index is 12.4. The Labute approximate surface area is 265 Å². The average molecular weight is 728 g/mol. The van der Waals surface area contributed by atoms with Gasteiger partial charge < -0.3 is 39.4 Å². The highest BCUT2D eigenvalue weighted by molar-refractivity contribution is 9.11. The van der Waals surface area contributed by atoms with Gasteiger partial charge in [-0.15, -0.1) is 0 Å². The first-order valence-corrected chi connectivity index (χ1v) is 14.7. The molecule has 2 amide bonds. The Morgan fingerprint density at radius 3 is 2.58 bits per heavy atom. The zero-order chi connectivity index (χ0) is 31.5. The second-order valence-corrected chi connectivity index (χ2v) is 10.6. The number of halogens is 2. The number of allylic oxidation sites excluding steroid dienone is 1. The van der Waals surface area contributed by atoms with Crippen molar-refractivity contribution in [2.75, 3.05) is 33.5 Å². The van der Waals surface area contributed by atoms with E-state index in [-0.39, 0.29) is 25.4 Å². The molecule has 0 saturated carbocycles. The van der Waals surface area contributed by atoms with Gasteiger partial charge in [-0.1, -0.05) is 22.0 Å². The topological polar surface area (TPSA) is 166 Å². The first-order chi connectivity index (χ1) is 20.6. The van der Waals surface area contributed by atoms with Gasteiger partial charge in [-0.05, 0) is 66.5 Å². The fourth-order valence-corrected chi connectivity index (χ4v) is 5.35. The van der Waals surface area contributed by atoms with Crippen LogP contribution in [0.15, 0.2) is 55.6 Å². The van der Waals surface area contributed by atoms with Crippen molar-refractivity contribution in [2.45, 2.75) is 33.0 Å². The molecular formula is C28H32Br2N4O9. The van der Waals surface area contributed by atoms with E-state index in [1.807, 2.05) is 0 Å². The smallest absolute Gasteiger partial charge is 0.344 e. The van der Waals surface area contributed by atoms with Crippen LogP contribution >= 0.6 is 31.9 Å². The van der Waals surface area contributed by atoms with Crippen LogP contribution in [0.3, 0.4) is 0 Å². The van der Waals surface area contributed by atoms with Gasteiger partial charge in [-0.3, -0.25) is 5.43 Å². The van der Waals surface area contributed by atoms with Crippen LogP contribution in [0.4, 0.5) is 4.79 Å². The van der Waals surface area contributed by atoms with Crippen LogP contribution in [0.2, 0.25) is 0 Å². The predicted molar refractivity (Wildman–Crippen MR) is 163 cm³/mol. The number of nitrogens with zero attached hydrogens (tertiary/aromatic N) is 1. The summed E-state index contributed by atoms with van der Waals surface area (Å²) in [6.07, 6.45) is 0.201. The lowest BCUT2D eigenvalue weighted by atomic mass is 9.95. The second kappa shape index (κ2) is 16.1. The molecule has 0 unspecified atom stereocenters. The Hall–Kier alpha value is -3.82. The van der Waals surface area contributed by atoms with Crippen molar-refractivity contribution in [1.29, 1.82) is 0 Å². The zero-order valence-corrected chi connectivity index (χ0v) is 27.0. The van der Waals surface area contributed by atoms with E-state index >= 15 is 0 Å². The van der Waals surface area contributed by atoms with E-state index in [0.29, 0.717) is 45.2 Å². The predicted octanol–water partition coefficient (Wildman–Crippen LogP) is 3.67. The summed E-state index contributed by atoms with van der Waals surface area (Å²) in [5, 5.41) is 19.8. The fourth-order valence-electron chi connectivity index (χ4n) is 3.98. The van der Waals surface area contributed by atoms with Gasteiger partial charge in [0.2, 0.25) is 0 Å². The van der Waals surface area contributed by atoms with Gasteiger partial charge in [0.1, 0.15) is 12.4 Å². The van der Waals surface area contributed by atoms with Crippen LogP contribution in [0.5, 0.6) is 17.2 Å². The summed E-state index contributed by atoms with van der Waals surface area (Å²) >= 11 is 6.81. The van der Waals surface area contributed by atoms with E-state index in [9.17, 15) is 19.5 Å². The number of ether oxygens (including phenoxy) is 5. The Kier molecular flexibility index (Phi) is 12.6. The van der Waals surface area contributed by atoms with Crippen LogP contribution in [0, 0.1) is 0 Å². The van der Waals surface area contributed by atoms with E-state index in [4.69, 9.17) is 23.7 Å². The zero-order valence-electron chi connectivity index (χ0n) is 23.9. The van der Waals surface area contributed by atoms with Gasteiger partial charge in [0.15, 0.2) is 24.3 Å². The molecule has 15 heteroatoms. The van der Waals surface area contributed by atoms with E-state index in [1.165, 1.54) is 13.3 Å². The second-order valence-electron chi connectivity index (χ2n) is 8.81. The lowest BCUT2D eigenvalue weighted by Gasteiger charge is -2.28. The molecule has 0 aromatic heterocycles. The summed E-state index contributed by atoms with van der Waals surface area (Å²) in [5.41, 5.74) is 4.28. The Balaban J connectivity index is 1.70. The molecule has 1 aliphatic rings. The van der Waals surface area contributed by atoms with Crippen molar-refractivity contribution in [1.82, 2.24) is 16.1 Å². The summed E-state index contributed by atoms with van der Waals surface area (Å²) in [7, 11) is 1.26. The molecule has 13 nitrogen and oxygen atoms in total. The number of hydrogen-bond acceptors (Lipinski definition) is 11. The number of methoxy groups -OCH3 is 1. The van der Waals surface area contributed by atoms with Crippen molar-refractivity contribution in [2.24, 2.45) is 5.10 Å². The van der Waals surface area contributed by atoms with Crippen molar-refractivity contribution < 1.29 is 43.2 Å². The van der Waals surface area contributed by atoms with Crippen LogP contribution in [-0.4, -0.2) is 69.1 Å². The Bertz CT molecular complexity index is 1400. The first-order valence-electron chi connectivity index (χ1n) is 13.1. The molecule has 2 aromatic rings. The highest BCUT2D eigenvalue weighted by Gasteiger charge is 2.32. The van der Waals surface area contributed by atoms with Gasteiger partial charge in [0.05, 0.1) is 42.6 Å². The SMILES string of the molecule is CCOC(=O)COc1c(Br)cc(Br)cc1/C=N/N[C@@H](O)COc1ccc([C@@H]2NC(=O)NC(C)=C2C(=O)OC)cc1OCC. The van der Waals surface area contributed by atoms with E-state index in [2.05, 4.69) is 53.0 Å². The molecule has 3 rings (SSSR count). The van der Waals surface area contributed by atoms with Crippen LogP contribution in [0.1, 0.15) is 37.9 Å². The molecule has 4 N–H and O–H groups in total. The number of carbonyl (C=O) groups excluding carboxylic acids is 3. The number of hydrazone groups is 1. The number of hydrogen-bond donors (Lipinski definition) is 4. The monoisotopic (exact) mass is 726 g/mol. The van der Waals surface area contributed by atoms with Crippen molar-refractivity contribution >= 4 is 56.0 Å². The number of aliphatic hydroxyl groups is 1. The Morgan fingerprint density at radius 2 is 1.88 bits per heavy atom. The number of rotatable bonds is 14. The molecule has 2 aromatic carbocycles. The number of urea groups is 1. The molecule has 2 atom stereocenters. The van der Waals surface area contributed by atoms with Gasteiger partial charge in [-0.25, -0.2) is 14.4 Å². The number of nitrogens with one attached hydrogen (secondary N) is 3. The average Bonchev–Trinajstić information content (AvgIpc) is 2.95. The van der Waals surface area contributed by atoms with Crippen molar-refractivity contribution in [3.63, 3.8) is 0 Å². The fraction of sp³-hybridized carbons (Fsp3) is 0.357. The number of benzene rings is 2. The first kappa shape index (κ1) is 33.7. The molecule has 1 heterocycles. The lowest BCUT2D eigenvalue weighted by molar-refractivity contribution is -0.145.